The molecule has 0 saturated carbocycles. The molecule has 0 aliphatic rings. The van der Waals surface area contributed by atoms with Crippen molar-refractivity contribution < 1.29 is 26.3 Å². The summed E-state index contributed by atoms with van der Waals surface area (Å²) < 4.78 is 85.1. The third-order valence-electron chi connectivity index (χ3n) is 8.00. The lowest BCUT2D eigenvalue weighted by atomic mass is 9.78. The highest BCUT2D eigenvalue weighted by Crippen LogP contribution is 2.52. The van der Waals surface area contributed by atoms with E-state index in [0.717, 1.165) is 11.1 Å². The smallest absolute Gasteiger partial charge is 0.166 e. The van der Waals surface area contributed by atoms with Crippen LogP contribution in [-0.2, 0) is 12.4 Å². The lowest BCUT2D eigenvalue weighted by Crippen LogP contribution is -2.08. The Morgan fingerprint density at radius 2 is 0.705 bits per heavy atom. The van der Waals surface area contributed by atoms with Gasteiger partial charge in [0.2, 0.25) is 0 Å². The monoisotopic (exact) mass is 596 g/mol. The van der Waals surface area contributed by atoms with Crippen molar-refractivity contribution in [3.63, 3.8) is 0 Å². The van der Waals surface area contributed by atoms with Crippen LogP contribution in [0.4, 0.5) is 26.3 Å². The molecule has 0 amide bonds. The van der Waals surface area contributed by atoms with Crippen LogP contribution in [0.25, 0.3) is 55.3 Å². The maximum absolute atomic E-state index is 14.2. The predicted octanol–water partition coefficient (Wildman–Crippen LogP) is 12.2. The van der Waals surface area contributed by atoms with Crippen molar-refractivity contribution in [2.75, 3.05) is 0 Å². The zero-order valence-corrected chi connectivity index (χ0v) is 23.8. The number of rotatable bonds is 4. The molecule has 6 heteroatoms. The highest BCUT2D eigenvalue weighted by atomic mass is 19.4. The van der Waals surface area contributed by atoms with E-state index >= 15 is 0 Å². The Kier molecular flexibility index (Phi) is 7.32. The van der Waals surface area contributed by atoms with Crippen LogP contribution >= 0.6 is 0 Å². The Hall–Kier alpha value is -4.84. The fourth-order valence-corrected chi connectivity index (χ4v) is 5.99. The van der Waals surface area contributed by atoms with Gasteiger partial charge in [-0.25, -0.2) is 0 Å². The second kappa shape index (κ2) is 11.0. The molecular weight excluding hydrogens is 570 g/mol. The normalized spacial score (nSPS) is 12.1. The van der Waals surface area contributed by atoms with E-state index in [1.54, 1.807) is 24.3 Å². The summed E-state index contributed by atoms with van der Waals surface area (Å²) in [7, 11) is 0. The number of fused-ring (bicyclic) bond motifs is 1. The molecule has 0 unspecified atom stereocenters. The number of halogens is 6. The average Bonchev–Trinajstić information content (AvgIpc) is 3.00. The van der Waals surface area contributed by atoms with Gasteiger partial charge in [0.25, 0.3) is 0 Å². The van der Waals surface area contributed by atoms with Gasteiger partial charge in [-0.15, -0.1) is 0 Å². The first-order chi connectivity index (χ1) is 20.9. The molecule has 0 aliphatic heterocycles. The Morgan fingerprint density at radius 3 is 1.05 bits per heavy atom. The van der Waals surface area contributed by atoms with E-state index in [4.69, 9.17) is 0 Å². The summed E-state index contributed by atoms with van der Waals surface area (Å²) in [5, 5.41) is 1.26. The van der Waals surface area contributed by atoms with Crippen molar-refractivity contribution in [1.82, 2.24) is 0 Å². The van der Waals surface area contributed by atoms with Gasteiger partial charge in [0.15, 0.2) is 0 Å². The van der Waals surface area contributed by atoms with Crippen LogP contribution in [0.5, 0.6) is 0 Å². The van der Waals surface area contributed by atoms with Crippen LogP contribution in [0.2, 0.25) is 0 Å². The quantitative estimate of drug-likeness (QED) is 0.178. The van der Waals surface area contributed by atoms with Crippen molar-refractivity contribution in [3.05, 3.63) is 144 Å². The highest BCUT2D eigenvalue weighted by molar-refractivity contribution is 6.18. The van der Waals surface area contributed by atoms with Crippen molar-refractivity contribution in [1.29, 1.82) is 0 Å². The molecule has 0 atom stereocenters. The lowest BCUT2D eigenvalue weighted by Gasteiger charge is -2.25. The SMILES string of the molecule is Cc1ccc(-c2c(-c3ccccc3)c(-c3ccccc3)c(-c3ccc(C)c(C(F)(F)F)c3)c3ccccc23)cc1C(F)(F)F. The molecule has 220 valence electrons. The Labute approximate surface area is 251 Å². The summed E-state index contributed by atoms with van der Waals surface area (Å²) in [6.07, 6.45) is -9.14. The van der Waals surface area contributed by atoms with E-state index in [1.165, 1.54) is 38.1 Å². The molecule has 0 aliphatic carbocycles. The van der Waals surface area contributed by atoms with E-state index in [0.29, 0.717) is 44.2 Å². The van der Waals surface area contributed by atoms with Crippen molar-refractivity contribution in [3.8, 4) is 44.5 Å². The molecule has 6 aromatic rings. The molecule has 0 N–H and O–H groups in total. The zero-order valence-electron chi connectivity index (χ0n) is 23.8. The summed E-state index contributed by atoms with van der Waals surface area (Å²) in [5.41, 5.74) is 3.32. The number of alkyl halides is 6. The van der Waals surface area contributed by atoms with E-state index in [9.17, 15) is 26.3 Å². The van der Waals surface area contributed by atoms with Gasteiger partial charge >= 0.3 is 12.4 Å². The Balaban J connectivity index is 1.86. The third kappa shape index (κ3) is 5.25. The number of benzene rings is 6. The van der Waals surface area contributed by atoms with Crippen molar-refractivity contribution >= 4 is 10.8 Å². The van der Waals surface area contributed by atoms with Gasteiger partial charge < -0.3 is 0 Å². The Morgan fingerprint density at radius 1 is 0.364 bits per heavy atom. The second-order valence-electron chi connectivity index (χ2n) is 10.8. The molecule has 0 aromatic heterocycles. The summed E-state index contributed by atoms with van der Waals surface area (Å²) in [6, 6.07) is 34.4. The van der Waals surface area contributed by atoms with Crippen molar-refractivity contribution in [2.45, 2.75) is 26.2 Å². The van der Waals surface area contributed by atoms with E-state index in [2.05, 4.69) is 0 Å². The maximum atomic E-state index is 14.2. The summed E-state index contributed by atoms with van der Waals surface area (Å²) >= 11 is 0. The van der Waals surface area contributed by atoms with Crippen LogP contribution in [0.1, 0.15) is 22.3 Å². The number of hydrogen-bond acceptors (Lipinski definition) is 0. The number of hydrogen-bond donors (Lipinski definition) is 0. The largest absolute Gasteiger partial charge is 0.416 e. The Bertz CT molecular complexity index is 1840. The molecule has 6 rings (SSSR count). The molecule has 6 aromatic carbocycles. The zero-order chi connectivity index (χ0) is 31.2. The minimum atomic E-state index is -4.57. The molecule has 44 heavy (non-hydrogen) atoms. The van der Waals surface area contributed by atoms with Crippen LogP contribution in [-0.4, -0.2) is 0 Å². The first-order valence-electron chi connectivity index (χ1n) is 14.0. The number of aryl methyl sites for hydroxylation is 2. The predicted molar refractivity (Wildman–Crippen MR) is 165 cm³/mol. The molecule has 0 saturated heterocycles. The van der Waals surface area contributed by atoms with Gasteiger partial charge in [-0.2, -0.15) is 26.3 Å². The van der Waals surface area contributed by atoms with Gasteiger partial charge in [0.05, 0.1) is 11.1 Å². The first-order valence-corrected chi connectivity index (χ1v) is 14.0. The van der Waals surface area contributed by atoms with E-state index in [1.807, 2.05) is 72.8 Å². The molecule has 0 fully saturated rings. The average molecular weight is 597 g/mol. The maximum Gasteiger partial charge on any atom is 0.416 e. The minimum Gasteiger partial charge on any atom is -0.166 e. The fraction of sp³-hybridized carbons (Fsp3) is 0.105. The summed E-state index contributed by atoms with van der Waals surface area (Å²) in [5.74, 6) is 0. The van der Waals surface area contributed by atoms with Crippen LogP contribution in [0.3, 0.4) is 0 Å². The standard InChI is InChI=1S/C38H26F6/c1-23-17-19-27(21-31(23)37(39,40)41)33-29-15-9-10-16-30(29)34(28-20-18-24(2)32(22-28)38(42,43)44)36(26-13-7-4-8-14-26)35(33)25-11-5-3-6-12-25/h3-22H,1-2H3. The molecule has 0 nitrogen and oxygen atoms in total. The lowest BCUT2D eigenvalue weighted by molar-refractivity contribution is -0.138. The molecule has 0 heterocycles. The molecule has 0 spiro atoms. The van der Waals surface area contributed by atoms with Crippen LogP contribution in [0.15, 0.2) is 121 Å². The minimum absolute atomic E-state index is 0.103. The first kappa shape index (κ1) is 29.2. The second-order valence-corrected chi connectivity index (χ2v) is 10.8. The molecule has 0 bridgehead atoms. The van der Waals surface area contributed by atoms with Gasteiger partial charge in [-0.3, -0.25) is 0 Å². The molecular formula is C38H26F6. The summed E-state index contributed by atoms with van der Waals surface area (Å²) in [4.78, 5) is 0. The fourth-order valence-electron chi connectivity index (χ4n) is 5.99. The van der Waals surface area contributed by atoms with Gasteiger partial charge in [-0.05, 0) is 92.4 Å². The molecule has 0 radical (unpaired) electrons. The summed E-state index contributed by atoms with van der Waals surface area (Å²) in [6.45, 7) is 2.86. The van der Waals surface area contributed by atoms with E-state index in [-0.39, 0.29) is 11.1 Å². The third-order valence-corrected chi connectivity index (χ3v) is 8.00. The van der Waals surface area contributed by atoms with Gasteiger partial charge in [0, 0.05) is 0 Å². The highest BCUT2D eigenvalue weighted by Gasteiger charge is 2.35. The van der Waals surface area contributed by atoms with Crippen molar-refractivity contribution in [2.24, 2.45) is 0 Å². The van der Waals surface area contributed by atoms with E-state index < -0.39 is 23.5 Å². The van der Waals surface area contributed by atoms with Crippen LogP contribution in [0, 0.1) is 13.8 Å². The topological polar surface area (TPSA) is 0 Å². The van der Waals surface area contributed by atoms with Crippen LogP contribution < -0.4 is 0 Å². The van der Waals surface area contributed by atoms with Gasteiger partial charge in [0.1, 0.15) is 0 Å². The van der Waals surface area contributed by atoms with Gasteiger partial charge in [-0.1, -0.05) is 109 Å².